The number of nitrogens with zero attached hydrogens (tertiary/aromatic N) is 14. The average Bonchev–Trinajstić information content (AvgIpc) is 1.58. The molecule has 4 aliphatic heterocycles. The highest BCUT2D eigenvalue weighted by atomic mass is 32.2. The van der Waals surface area contributed by atoms with Gasteiger partial charge in [0.2, 0.25) is 18.7 Å². The highest BCUT2D eigenvalue weighted by molar-refractivity contribution is 7.93. The molecule has 41 heteroatoms. The lowest BCUT2D eigenvalue weighted by Gasteiger charge is -2.37. The fourth-order valence-corrected chi connectivity index (χ4v) is 25.7. The van der Waals surface area contributed by atoms with E-state index in [1.54, 1.807) is 69.0 Å². The predicted molar refractivity (Wildman–Crippen MR) is 490 cm³/mol. The number of hydrogen-bond donors (Lipinski definition) is 0. The van der Waals surface area contributed by atoms with Crippen LogP contribution in [0, 0.1) is 39.2 Å². The number of pyridine rings is 6. The second kappa shape index (κ2) is 38.3. The number of aromatic nitrogens is 14. The Morgan fingerprint density at radius 2 is 0.769 bits per heavy atom. The number of sulfone groups is 4. The molecule has 4 aliphatic rings. The monoisotopic (exact) mass is 1930 g/mol. The zero-order chi connectivity index (χ0) is 97.8. The van der Waals surface area contributed by atoms with Crippen molar-refractivity contribution in [3.63, 3.8) is 0 Å². The maximum Gasteiger partial charge on any atom is 0.394 e. The Morgan fingerprint density at radius 1 is 0.418 bits per heavy atom. The number of carbonyl (C=O) groups is 4. The molecule has 0 amide bonds. The van der Waals surface area contributed by atoms with Crippen LogP contribution in [0.15, 0.2) is 116 Å². The molecule has 4 saturated heterocycles. The third kappa shape index (κ3) is 23.0. The topological polar surface area (TPSA) is 390 Å². The van der Waals surface area contributed by atoms with E-state index < -0.39 is 97.4 Å². The maximum atomic E-state index is 14.7. The Bertz CT molecular complexity index is 7030. The number of benzene rings is 2. The first-order valence-electron chi connectivity index (χ1n) is 43.6. The molecule has 0 radical (unpaired) electrons. The molecule has 134 heavy (non-hydrogen) atoms. The summed E-state index contributed by atoms with van der Waals surface area (Å²) in [4.78, 5) is 77.4. The molecule has 2 unspecified atom stereocenters. The Kier molecular flexibility index (Phi) is 28.5. The van der Waals surface area contributed by atoms with Gasteiger partial charge in [-0.05, 0) is 153 Å². The number of hydrogen-bond acceptors (Lipinski definition) is 26. The molecule has 716 valence electrons. The van der Waals surface area contributed by atoms with Gasteiger partial charge in [0.1, 0.15) is 89.3 Å². The maximum absolute atomic E-state index is 14.7. The molecule has 2 aromatic carbocycles. The van der Waals surface area contributed by atoms with Crippen molar-refractivity contribution in [1.29, 1.82) is 0 Å². The van der Waals surface area contributed by atoms with Crippen LogP contribution in [0.4, 0.5) is 30.7 Å². The quantitative estimate of drug-likeness (QED) is 0.0239. The standard InChI is InChI=1S/C25H30F2N4O4S.C23H25F2N3O4S.C23H26FN3O4S.C22H24F2N4O4S/c1-5-15(2)31-20-10-17(21(32)12-25(4)6-8-36(33,34)9-7-25)13-28-23(20)22(30-31)19-11-18(35-16(3)26)14-29-24(19)27;1-13(2)28-19-7-15(20(29)9-23(4)11-33(30,31)12-23)10-26-22(19)21(27-28)17-8-16(32-14(3)24)5-6-18(17)25;1-5-31-16-6-7-18(24)17(9-16)21-22-19(27(26-21)14(2)3)8-15(11-25-22)20(28)10-23(4)12-32(29,30)13-23;1-13(2)28-17-6-14(18(29)7-21(3)11-33(30,31)12-21)9-26-20(17)19(27-28)15-5-16(10-25-8-15)32-22(4,23)24/h10-11,13-16H,5-9,12H2,1-4H3;5-8,10,13-14H,9,11-12H2,1-4H3;6-9,11,14H,5,10,12-13H2,1-4H3;5-6,8-10,13H,7,11-12H2,1-4H3/t15-,16?;;;/m0.../s1. The number of ketones is 4. The zero-order valence-electron chi connectivity index (χ0n) is 76.8. The smallest absolute Gasteiger partial charge is 0.394 e. The van der Waals surface area contributed by atoms with Crippen molar-refractivity contribution < 1.29 is 103 Å². The van der Waals surface area contributed by atoms with Gasteiger partial charge < -0.3 is 18.9 Å². The van der Waals surface area contributed by atoms with Gasteiger partial charge in [-0.2, -0.15) is 33.6 Å². The third-order valence-electron chi connectivity index (χ3n) is 23.4. The predicted octanol–water partition coefficient (Wildman–Crippen LogP) is 17.9. The van der Waals surface area contributed by atoms with Crippen LogP contribution in [0.1, 0.15) is 221 Å². The van der Waals surface area contributed by atoms with E-state index in [1.165, 1.54) is 87.4 Å². The summed E-state index contributed by atoms with van der Waals surface area (Å²) < 4.78 is 217. The van der Waals surface area contributed by atoms with Gasteiger partial charge in [0.05, 0.1) is 92.7 Å². The summed E-state index contributed by atoms with van der Waals surface area (Å²) in [6.07, 6.45) is 5.13. The van der Waals surface area contributed by atoms with Crippen molar-refractivity contribution in [3.8, 4) is 68.0 Å². The van der Waals surface area contributed by atoms with Crippen LogP contribution in [0.3, 0.4) is 0 Å². The van der Waals surface area contributed by atoms with Crippen molar-refractivity contribution in [1.82, 2.24) is 69.0 Å². The first-order valence-corrected chi connectivity index (χ1v) is 50.8. The summed E-state index contributed by atoms with van der Waals surface area (Å²) in [7, 11) is -12.2. The normalized spacial score (nSPS) is 17.6. The van der Waals surface area contributed by atoms with Crippen molar-refractivity contribution in [2.75, 3.05) is 52.6 Å². The average molecular weight is 1940 g/mol. The number of rotatable bonds is 29. The molecular weight excluding hydrogens is 1830 g/mol. The van der Waals surface area contributed by atoms with Crippen molar-refractivity contribution >= 4 is 107 Å². The molecule has 30 nitrogen and oxygen atoms in total. The van der Waals surface area contributed by atoms with E-state index >= 15 is 0 Å². The third-order valence-corrected chi connectivity index (χ3v) is 31.9. The molecule has 3 atom stereocenters. The summed E-state index contributed by atoms with van der Waals surface area (Å²) in [5, 5.41) is 18.3. The van der Waals surface area contributed by atoms with Crippen LogP contribution >= 0.6 is 0 Å². The molecule has 0 bridgehead atoms. The molecule has 4 fully saturated rings. The molecule has 14 heterocycles. The first kappa shape index (κ1) is 99.9. The van der Waals surface area contributed by atoms with E-state index in [0.717, 1.165) is 12.6 Å². The Labute approximate surface area is 770 Å². The van der Waals surface area contributed by atoms with E-state index in [0.29, 0.717) is 115 Å². The number of halogens is 7. The summed E-state index contributed by atoms with van der Waals surface area (Å²) in [5.74, 6) is -1.68. The van der Waals surface area contributed by atoms with E-state index in [2.05, 4.69) is 55.0 Å². The van der Waals surface area contributed by atoms with Crippen LogP contribution in [0.2, 0.25) is 0 Å². The van der Waals surface area contributed by atoms with Crippen molar-refractivity contribution in [2.45, 2.75) is 199 Å². The molecule has 0 aliphatic carbocycles. The summed E-state index contributed by atoms with van der Waals surface area (Å²) in [5.41, 5.74) is 5.57. The first-order chi connectivity index (χ1) is 62.6. The number of ether oxygens (including phenoxy) is 4. The lowest BCUT2D eigenvalue weighted by Crippen LogP contribution is -2.47. The van der Waals surface area contributed by atoms with E-state index in [4.69, 9.17) is 14.2 Å². The van der Waals surface area contributed by atoms with Crippen LogP contribution in [0.25, 0.3) is 89.2 Å². The molecule has 12 aromatic rings. The zero-order valence-corrected chi connectivity index (χ0v) is 80.1. The van der Waals surface area contributed by atoms with E-state index in [9.17, 15) is 83.6 Å². The largest absolute Gasteiger partial charge is 0.494 e. The van der Waals surface area contributed by atoms with Gasteiger partial charge >= 0.3 is 6.11 Å². The SMILES string of the molecule is CC(C)n1nc(-c2cncc(OC(C)(F)F)c2)c2ncc(C(=O)CC3(C)CS(=O)(=O)C3)cc21.CC(F)Oc1ccc(F)c(-c2nn(C(C)C)c3cc(C(=O)CC4(C)CS(=O)(=O)C4)cnc23)c1.CCOc1ccc(F)c(-c2nn(C(C)C)c3cc(C(=O)CC4(C)CS(=O)(=O)C4)cnc23)c1.CC[C@H](C)n1nc(-c2cc(OC(C)F)cnc2F)c2ncc(C(=O)CC3(C)CCS(=O)(=O)CC3)cc21. The second-order valence-electron chi connectivity index (χ2n) is 37.3. The number of Topliss-reactive ketones (excluding diaryl/α,β-unsaturated/α-hetero) is 4. The van der Waals surface area contributed by atoms with Crippen LogP contribution in [0.5, 0.6) is 23.0 Å². The minimum atomic E-state index is -3.36. The van der Waals surface area contributed by atoms with Crippen LogP contribution in [-0.2, 0) is 39.3 Å². The van der Waals surface area contributed by atoms with Gasteiger partial charge in [0.15, 0.2) is 52.6 Å². The van der Waals surface area contributed by atoms with E-state index in [1.807, 2.05) is 76.2 Å². The minimum absolute atomic E-state index is 0.00228. The van der Waals surface area contributed by atoms with Crippen LogP contribution < -0.4 is 18.9 Å². The van der Waals surface area contributed by atoms with Gasteiger partial charge in [-0.15, -0.1) is 0 Å². The lowest BCUT2D eigenvalue weighted by atomic mass is 9.78. The molecule has 0 saturated carbocycles. The Morgan fingerprint density at radius 3 is 1.15 bits per heavy atom. The Hall–Kier alpha value is -11.6. The van der Waals surface area contributed by atoms with Crippen molar-refractivity contribution in [2.24, 2.45) is 21.7 Å². The second-order valence-corrected chi connectivity index (χ2v) is 45.8. The fraction of sp³-hybridized carbons (Fsp3) is 0.462. The molecule has 0 N–H and O–H groups in total. The number of carbonyl (C=O) groups excluding carboxylic acids is 4. The minimum Gasteiger partial charge on any atom is -0.494 e. The van der Waals surface area contributed by atoms with Gasteiger partial charge in [0.25, 0.3) is 0 Å². The fourth-order valence-electron chi connectivity index (χ4n) is 17.2. The molecule has 0 spiro atoms. The van der Waals surface area contributed by atoms with E-state index in [-0.39, 0.29) is 164 Å². The summed E-state index contributed by atoms with van der Waals surface area (Å²) >= 11 is 0. The summed E-state index contributed by atoms with van der Waals surface area (Å²) in [6, 6.07) is 17.6. The number of alkyl halides is 4. The van der Waals surface area contributed by atoms with Gasteiger partial charge in [0, 0.05) is 157 Å². The highest BCUT2D eigenvalue weighted by Crippen LogP contribution is 2.45. The van der Waals surface area contributed by atoms with Gasteiger partial charge in [-0.25, -0.2) is 56.2 Å². The number of fused-ring (bicyclic) bond motifs is 4. The van der Waals surface area contributed by atoms with Crippen molar-refractivity contribution in [3.05, 3.63) is 156 Å². The Balaban J connectivity index is 0.000000152. The molecule has 16 rings (SSSR count). The summed E-state index contributed by atoms with van der Waals surface area (Å²) in [6.45, 7) is 28.1. The highest BCUT2D eigenvalue weighted by Gasteiger charge is 2.49. The van der Waals surface area contributed by atoms with Gasteiger partial charge in [-0.3, -0.25) is 62.8 Å². The van der Waals surface area contributed by atoms with Crippen LogP contribution in [-0.4, -0.2) is 197 Å². The lowest BCUT2D eigenvalue weighted by molar-refractivity contribution is -0.159. The van der Waals surface area contributed by atoms with Gasteiger partial charge in [-0.1, -0.05) is 34.6 Å². The molecule has 10 aromatic heterocycles. The molecular formula is C93H105F7N14O16S4.